The Hall–Kier alpha value is -2.69. The first-order chi connectivity index (χ1) is 13.5. The van der Waals surface area contributed by atoms with Crippen LogP contribution in [-0.4, -0.2) is 29.8 Å². The zero-order valence-electron chi connectivity index (χ0n) is 16.1. The second-order valence-corrected chi connectivity index (χ2v) is 8.05. The van der Waals surface area contributed by atoms with Crippen LogP contribution in [0.2, 0.25) is 0 Å². The van der Waals surface area contributed by atoms with Gasteiger partial charge < -0.3 is 10.2 Å². The molecule has 4 nitrogen and oxygen atoms in total. The van der Waals surface area contributed by atoms with Crippen molar-refractivity contribution in [3.8, 4) is 0 Å². The second-order valence-electron chi connectivity index (χ2n) is 8.05. The van der Waals surface area contributed by atoms with Gasteiger partial charge in [-0.25, -0.2) is 4.39 Å². The normalized spacial score (nSPS) is 17.5. The molecule has 0 saturated heterocycles. The summed E-state index contributed by atoms with van der Waals surface area (Å²) < 4.78 is 13.7. The largest absolute Gasteiger partial charge is 0.349 e. The SMILES string of the molecule is CN(Cc1ccc(C(=O)NC2CC2)cc1)C(=O)C1(c2cccc(F)c2)CCC1. The molecule has 2 aromatic rings. The number of hydrogen-bond acceptors (Lipinski definition) is 2. The molecule has 146 valence electrons. The maximum Gasteiger partial charge on any atom is 0.251 e. The Labute approximate surface area is 164 Å². The molecular formula is C23H25FN2O2. The van der Waals surface area contributed by atoms with E-state index in [0.29, 0.717) is 18.2 Å². The highest BCUT2D eigenvalue weighted by Crippen LogP contribution is 2.45. The number of benzene rings is 2. The number of nitrogens with one attached hydrogen (secondary N) is 1. The minimum Gasteiger partial charge on any atom is -0.349 e. The molecule has 2 saturated carbocycles. The van der Waals surface area contributed by atoms with Gasteiger partial charge in [0.1, 0.15) is 5.82 Å². The molecule has 4 rings (SSSR count). The number of carbonyl (C=O) groups excluding carboxylic acids is 2. The average molecular weight is 380 g/mol. The van der Waals surface area contributed by atoms with Gasteiger partial charge in [-0.1, -0.05) is 30.7 Å². The molecule has 0 spiro atoms. The lowest BCUT2D eigenvalue weighted by atomic mass is 9.63. The number of nitrogens with zero attached hydrogens (tertiary/aromatic N) is 1. The van der Waals surface area contributed by atoms with Crippen molar-refractivity contribution in [1.29, 1.82) is 0 Å². The highest BCUT2D eigenvalue weighted by molar-refractivity contribution is 5.94. The van der Waals surface area contributed by atoms with Gasteiger partial charge in [0.05, 0.1) is 5.41 Å². The van der Waals surface area contributed by atoms with Crippen LogP contribution < -0.4 is 5.32 Å². The lowest BCUT2D eigenvalue weighted by molar-refractivity contribution is -0.140. The van der Waals surface area contributed by atoms with Crippen molar-refractivity contribution in [1.82, 2.24) is 10.2 Å². The molecule has 2 aliphatic rings. The molecule has 0 aliphatic heterocycles. The predicted molar refractivity (Wildman–Crippen MR) is 105 cm³/mol. The first kappa shape index (κ1) is 18.7. The minimum atomic E-state index is -0.610. The summed E-state index contributed by atoms with van der Waals surface area (Å²) in [6.45, 7) is 0.459. The molecule has 0 unspecified atom stereocenters. The quantitative estimate of drug-likeness (QED) is 0.829. The lowest BCUT2D eigenvalue weighted by Crippen LogP contribution is -2.49. The van der Waals surface area contributed by atoms with Crippen LogP contribution in [0.4, 0.5) is 4.39 Å². The topological polar surface area (TPSA) is 49.4 Å². The van der Waals surface area contributed by atoms with Crippen LogP contribution >= 0.6 is 0 Å². The monoisotopic (exact) mass is 380 g/mol. The van der Waals surface area contributed by atoms with Crippen molar-refractivity contribution in [2.45, 2.75) is 50.1 Å². The van der Waals surface area contributed by atoms with Gasteiger partial charge in [-0.15, -0.1) is 0 Å². The molecule has 0 aromatic heterocycles. The molecule has 0 radical (unpaired) electrons. The van der Waals surface area contributed by atoms with Crippen molar-refractivity contribution in [3.63, 3.8) is 0 Å². The van der Waals surface area contributed by atoms with Gasteiger partial charge in [0.15, 0.2) is 0 Å². The molecule has 2 amide bonds. The number of likely N-dealkylation sites (N-methyl/N-ethyl adjacent to an activating group) is 1. The van der Waals surface area contributed by atoms with Gasteiger partial charge in [0, 0.05) is 25.2 Å². The Morgan fingerprint density at radius 3 is 2.43 bits per heavy atom. The van der Waals surface area contributed by atoms with Crippen molar-refractivity contribution in [2.75, 3.05) is 7.05 Å². The third-order valence-corrected chi connectivity index (χ3v) is 5.89. The van der Waals surface area contributed by atoms with E-state index in [9.17, 15) is 14.0 Å². The number of halogens is 1. The second kappa shape index (κ2) is 7.38. The minimum absolute atomic E-state index is 0.0277. The van der Waals surface area contributed by atoms with E-state index >= 15 is 0 Å². The Balaban J connectivity index is 1.44. The number of amides is 2. The maximum absolute atomic E-state index is 13.7. The van der Waals surface area contributed by atoms with Crippen molar-refractivity contribution in [3.05, 3.63) is 71.0 Å². The van der Waals surface area contributed by atoms with Crippen LogP contribution in [0.25, 0.3) is 0 Å². The van der Waals surface area contributed by atoms with Gasteiger partial charge in [-0.3, -0.25) is 9.59 Å². The highest BCUT2D eigenvalue weighted by Gasteiger charge is 2.47. The van der Waals surface area contributed by atoms with E-state index in [-0.39, 0.29) is 17.6 Å². The fourth-order valence-corrected chi connectivity index (χ4v) is 3.91. The first-order valence-electron chi connectivity index (χ1n) is 9.89. The molecular weight excluding hydrogens is 355 g/mol. The number of hydrogen-bond donors (Lipinski definition) is 1. The summed E-state index contributed by atoms with van der Waals surface area (Å²) in [7, 11) is 1.79. The summed E-state index contributed by atoms with van der Waals surface area (Å²) >= 11 is 0. The number of carbonyl (C=O) groups is 2. The van der Waals surface area contributed by atoms with Gasteiger partial charge in [-0.05, 0) is 61.1 Å². The van der Waals surface area contributed by atoms with E-state index in [1.165, 1.54) is 12.1 Å². The molecule has 0 bridgehead atoms. The summed E-state index contributed by atoms with van der Waals surface area (Å²) in [6.07, 6.45) is 4.59. The van der Waals surface area contributed by atoms with E-state index in [0.717, 1.165) is 43.2 Å². The fraction of sp³-hybridized carbons (Fsp3) is 0.391. The zero-order chi connectivity index (χ0) is 19.7. The molecule has 0 heterocycles. The highest BCUT2D eigenvalue weighted by atomic mass is 19.1. The van der Waals surface area contributed by atoms with Crippen LogP contribution in [0, 0.1) is 5.82 Å². The third-order valence-electron chi connectivity index (χ3n) is 5.89. The fourth-order valence-electron chi connectivity index (χ4n) is 3.91. The Morgan fingerprint density at radius 1 is 1.14 bits per heavy atom. The summed E-state index contributed by atoms with van der Waals surface area (Å²) in [5.74, 6) is -0.322. The first-order valence-corrected chi connectivity index (χ1v) is 9.89. The Kier molecular flexibility index (Phi) is 4.92. The van der Waals surface area contributed by atoms with Crippen LogP contribution in [-0.2, 0) is 16.8 Å². The van der Waals surface area contributed by atoms with E-state index in [1.807, 2.05) is 18.2 Å². The van der Waals surface area contributed by atoms with E-state index < -0.39 is 5.41 Å². The molecule has 28 heavy (non-hydrogen) atoms. The maximum atomic E-state index is 13.7. The molecule has 1 N–H and O–H groups in total. The van der Waals surface area contributed by atoms with Gasteiger partial charge in [0.25, 0.3) is 5.91 Å². The summed E-state index contributed by atoms with van der Waals surface area (Å²) in [4.78, 5) is 27.0. The van der Waals surface area contributed by atoms with Crippen LogP contribution in [0.15, 0.2) is 48.5 Å². The van der Waals surface area contributed by atoms with Gasteiger partial charge >= 0.3 is 0 Å². The van der Waals surface area contributed by atoms with Crippen LogP contribution in [0.5, 0.6) is 0 Å². The van der Waals surface area contributed by atoms with Gasteiger partial charge in [-0.2, -0.15) is 0 Å². The Morgan fingerprint density at radius 2 is 1.86 bits per heavy atom. The van der Waals surface area contributed by atoms with Crippen LogP contribution in [0.1, 0.15) is 53.6 Å². The van der Waals surface area contributed by atoms with Crippen molar-refractivity contribution < 1.29 is 14.0 Å². The van der Waals surface area contributed by atoms with E-state index in [4.69, 9.17) is 0 Å². The molecule has 5 heteroatoms. The van der Waals surface area contributed by atoms with Crippen molar-refractivity contribution >= 4 is 11.8 Å². The Bertz CT molecular complexity index is 886. The third kappa shape index (κ3) is 3.66. The predicted octanol–water partition coefficient (Wildman–Crippen LogP) is 3.80. The molecule has 2 fully saturated rings. The smallest absolute Gasteiger partial charge is 0.251 e. The van der Waals surface area contributed by atoms with Gasteiger partial charge in [0.2, 0.25) is 5.91 Å². The van der Waals surface area contributed by atoms with Crippen molar-refractivity contribution in [2.24, 2.45) is 0 Å². The molecule has 2 aliphatic carbocycles. The summed E-state index contributed by atoms with van der Waals surface area (Å²) in [5.41, 5.74) is 1.76. The lowest BCUT2D eigenvalue weighted by Gasteiger charge is -2.43. The van der Waals surface area contributed by atoms with E-state index in [1.54, 1.807) is 30.1 Å². The number of rotatable bonds is 6. The zero-order valence-corrected chi connectivity index (χ0v) is 16.1. The molecule has 2 aromatic carbocycles. The summed E-state index contributed by atoms with van der Waals surface area (Å²) in [6, 6.07) is 14.1. The van der Waals surface area contributed by atoms with E-state index in [2.05, 4.69) is 5.32 Å². The standard InChI is InChI=1S/C23H25FN2O2/c1-26(15-16-6-8-17(9-7-16)21(27)25-20-10-11-20)22(28)23(12-3-13-23)18-4-2-5-19(24)14-18/h2,4-9,14,20H,3,10-13,15H2,1H3,(H,25,27). The van der Waals surface area contributed by atoms with Crippen LogP contribution in [0.3, 0.4) is 0 Å². The average Bonchev–Trinajstić information content (AvgIpc) is 3.45. The summed E-state index contributed by atoms with van der Waals surface area (Å²) in [5, 5.41) is 2.97. The molecule has 0 atom stereocenters.